The van der Waals surface area contributed by atoms with Crippen molar-refractivity contribution in [2.75, 3.05) is 0 Å². The van der Waals surface area contributed by atoms with Crippen LogP contribution in [-0.4, -0.2) is 219 Å². The molecule has 19 nitrogen and oxygen atoms in total. The van der Waals surface area contributed by atoms with Crippen molar-refractivity contribution in [2.45, 2.75) is 201 Å². The van der Waals surface area contributed by atoms with Crippen LogP contribution in [0.25, 0.3) is 0 Å². The van der Waals surface area contributed by atoms with Crippen molar-refractivity contribution in [1.82, 2.24) is 10.1 Å². The van der Waals surface area contributed by atoms with E-state index in [1.165, 1.54) is 0 Å². The maximum Gasteiger partial charge on any atom is 0.414 e. The molecule has 0 saturated carbocycles. The van der Waals surface area contributed by atoms with E-state index in [4.69, 9.17) is 51.4 Å². The Morgan fingerprint density at radius 3 is 0.585 bits per heavy atom. The van der Waals surface area contributed by atoms with Crippen molar-refractivity contribution >= 4 is 11.7 Å². The third kappa shape index (κ3) is 29.2. The second kappa shape index (κ2) is 36.8. The Balaban J connectivity index is -0.000000248. The summed E-state index contributed by atoms with van der Waals surface area (Å²) < 4.78 is 277. The Hall–Kier alpha value is -4.60. The van der Waals surface area contributed by atoms with Gasteiger partial charge in [0.2, 0.25) is 0 Å². The zero-order valence-electron chi connectivity index (χ0n) is 48.6. The molecular formula is C48H62Cu3F24N6O13+2. The summed E-state index contributed by atoms with van der Waals surface area (Å²) in [6, 6.07) is 17.5. The molecule has 46 heteroatoms. The molecule has 14 N–H and O–H groups in total. The van der Waals surface area contributed by atoms with E-state index in [1.54, 1.807) is 48.5 Å². The Kier molecular flexibility index (Phi) is 39.4. The normalized spacial score (nSPS) is 18.5. The monoisotopic (exact) mass is 1580 g/mol. The van der Waals surface area contributed by atoms with Crippen LogP contribution in [0.15, 0.2) is 48.5 Å². The first-order valence-corrected chi connectivity index (χ1v) is 24.4. The molecule has 8 atom stereocenters. The smallest absolute Gasteiger partial charge is 0.412 e. The maximum atomic E-state index is 11.5. The number of hydroxylamine groups is 6. The molecule has 0 aliphatic carbocycles. The predicted molar refractivity (Wildman–Crippen MR) is 257 cm³/mol. The number of hydrogen-bond donors (Lipinski definition) is 12. The Bertz CT molecular complexity index is 2400. The molecular weight excluding hydrogens is 1520 g/mol. The first-order chi connectivity index (χ1) is 39.7. The first kappa shape index (κ1) is 100. The zero-order valence-corrected chi connectivity index (χ0v) is 51.4. The van der Waals surface area contributed by atoms with Gasteiger partial charge >= 0.3 is 61.1 Å². The van der Waals surface area contributed by atoms with Crippen LogP contribution in [0.4, 0.5) is 105 Å². The average molecular weight is 1580 g/mol. The van der Waals surface area contributed by atoms with Gasteiger partial charge in [-0.3, -0.25) is 0 Å². The van der Waals surface area contributed by atoms with E-state index in [9.17, 15) is 126 Å². The quantitative estimate of drug-likeness (QED) is 0.0464. The summed E-state index contributed by atoms with van der Waals surface area (Å²) in [7, 11) is 0. The SMILES string of the molecule is CC1(C)N(O)C(c2ccc(C#N)cc2)=[N+](O)C1(C)C.CC1(C)N(O)C(c2ccc(C#N)cc2)=[N+](O)C1(C)C.O.OC(CC(O)C(F)(F)F)C(F)(F)F.OC(CC(O)C(F)(F)F)C(F)(F)F.OC(CC(O)C(F)(F)F)C(F)(F)F.OC(CC(O)C(F)(F)F)C(F)(F)F.[Cu].[Cu].[Cu]. The van der Waals surface area contributed by atoms with E-state index in [0.717, 1.165) is 19.6 Å². The van der Waals surface area contributed by atoms with Crippen LogP contribution in [0.2, 0.25) is 0 Å². The van der Waals surface area contributed by atoms with Gasteiger partial charge in [-0.25, -0.2) is 10.4 Å². The van der Waals surface area contributed by atoms with Gasteiger partial charge in [-0.05, 0) is 104 Å². The minimum Gasteiger partial charge on any atom is -0.412 e. The minimum absolute atomic E-state index is 0. The molecule has 3 radical (unpaired) electrons. The Labute approximate surface area is 548 Å². The molecule has 561 valence electrons. The van der Waals surface area contributed by atoms with E-state index in [0.29, 0.717) is 33.9 Å². The van der Waals surface area contributed by atoms with E-state index in [1.807, 2.05) is 67.5 Å². The number of nitriles is 2. The second-order valence-corrected chi connectivity index (χ2v) is 20.9. The van der Waals surface area contributed by atoms with Gasteiger partial charge in [0, 0.05) is 76.9 Å². The third-order valence-electron chi connectivity index (χ3n) is 13.3. The first-order valence-electron chi connectivity index (χ1n) is 24.4. The number of alkyl halides is 24. The molecule has 2 aromatic carbocycles. The van der Waals surface area contributed by atoms with Crippen molar-refractivity contribution in [3.63, 3.8) is 0 Å². The van der Waals surface area contributed by atoms with Crippen LogP contribution in [0.3, 0.4) is 0 Å². The largest absolute Gasteiger partial charge is 0.414 e. The standard InChI is InChI=1S/2C14H18N3O2.4C5H6F6O2.3Cu.H2O/c2*1-13(2)14(3,4)17(19)12(16(13)18)11-7-5-10(9-15)6-8-11;4*6-4(7,8)2(12)1-3(13)5(9,10)11;;;;/h2*5-8,18-19H,1-4H3;4*2-3,12-13H,1H2;;;;1H2/q2*+1;;;;;;;;. The zero-order chi connectivity index (χ0) is 72.3. The molecule has 0 aromatic heterocycles. The second-order valence-electron chi connectivity index (χ2n) is 20.9. The van der Waals surface area contributed by atoms with E-state index < -0.39 is 146 Å². The fourth-order valence-electron chi connectivity index (χ4n) is 6.07. The molecule has 2 aromatic rings. The number of amidine groups is 2. The summed E-state index contributed by atoms with van der Waals surface area (Å²) in [6.07, 6.45) is -73.7. The average Bonchev–Trinajstić information content (AvgIpc) is 1.59. The number of hydrogen-bond acceptors (Lipinski definition) is 16. The number of rotatable bonds is 10. The van der Waals surface area contributed by atoms with Crippen LogP contribution in [-0.2, 0) is 51.2 Å². The van der Waals surface area contributed by atoms with E-state index >= 15 is 0 Å². The summed E-state index contributed by atoms with van der Waals surface area (Å²) in [6.45, 7) is 14.8. The fourth-order valence-corrected chi connectivity index (χ4v) is 6.07. The predicted octanol–water partition coefficient (Wildman–Crippen LogP) is 8.00. The van der Waals surface area contributed by atoms with Gasteiger partial charge in [-0.15, -0.1) is 10.1 Å². The Morgan fingerprint density at radius 2 is 0.489 bits per heavy atom. The minimum atomic E-state index is -5.15. The van der Waals surface area contributed by atoms with E-state index in [-0.39, 0.29) is 56.7 Å². The van der Waals surface area contributed by atoms with E-state index in [2.05, 4.69) is 0 Å². The van der Waals surface area contributed by atoms with Crippen LogP contribution in [0.5, 0.6) is 0 Å². The van der Waals surface area contributed by atoms with Crippen molar-refractivity contribution in [2.24, 2.45) is 0 Å². The van der Waals surface area contributed by atoms with Crippen molar-refractivity contribution < 1.29 is 233 Å². The van der Waals surface area contributed by atoms with Gasteiger partial charge in [0.25, 0.3) is 0 Å². The maximum absolute atomic E-state index is 11.5. The molecule has 0 fully saturated rings. The van der Waals surface area contributed by atoms with Gasteiger partial charge in [-0.2, -0.15) is 116 Å². The summed E-state index contributed by atoms with van der Waals surface area (Å²) in [5.41, 5.74) is -0.207. The van der Waals surface area contributed by atoms with Crippen molar-refractivity contribution in [3.05, 3.63) is 70.8 Å². The molecule has 0 amide bonds. The van der Waals surface area contributed by atoms with Crippen molar-refractivity contribution in [3.8, 4) is 12.1 Å². The van der Waals surface area contributed by atoms with Gasteiger partial charge in [0.15, 0.2) is 71.0 Å². The molecule has 94 heavy (non-hydrogen) atoms. The molecule has 2 heterocycles. The molecule has 0 bridgehead atoms. The molecule has 2 aliphatic rings. The molecule has 0 saturated heterocycles. The summed E-state index contributed by atoms with van der Waals surface area (Å²) in [5.74, 6) is 0.638. The number of aliphatic hydroxyl groups excluding tert-OH is 8. The van der Waals surface area contributed by atoms with Gasteiger partial charge in [0.05, 0.1) is 34.4 Å². The number of nitrogens with zero attached hydrogens (tertiary/aromatic N) is 6. The number of halogens is 24. The Morgan fingerprint density at radius 1 is 0.351 bits per heavy atom. The molecule has 0 spiro atoms. The van der Waals surface area contributed by atoms with Crippen LogP contribution in [0, 0.1) is 22.7 Å². The third-order valence-corrected chi connectivity index (χ3v) is 13.3. The summed E-state index contributed by atoms with van der Waals surface area (Å²) >= 11 is 0. The van der Waals surface area contributed by atoms with Crippen molar-refractivity contribution in [1.29, 1.82) is 10.5 Å². The van der Waals surface area contributed by atoms with Crippen LogP contribution in [0.1, 0.15) is 103 Å². The molecule has 8 unspecified atom stereocenters. The van der Waals surface area contributed by atoms with Gasteiger partial charge in [0.1, 0.15) is 0 Å². The summed E-state index contributed by atoms with van der Waals surface area (Å²) in [5, 5.41) is 126. The van der Waals surface area contributed by atoms with Gasteiger partial charge in [-0.1, -0.05) is 9.48 Å². The molecule has 2 aliphatic heterocycles. The number of aliphatic hydroxyl groups is 8. The fraction of sp³-hybridized carbons (Fsp3) is 0.667. The summed E-state index contributed by atoms with van der Waals surface area (Å²) in [4.78, 5) is 0. The number of benzene rings is 2. The molecule has 4 rings (SSSR count). The van der Waals surface area contributed by atoms with Crippen LogP contribution >= 0.6 is 0 Å². The van der Waals surface area contributed by atoms with Gasteiger partial charge < -0.3 is 56.7 Å². The topological polar surface area (TPSA) is 334 Å². The van der Waals surface area contributed by atoms with Crippen LogP contribution < -0.4 is 0 Å².